The number of nitrogens with zero attached hydrogens (tertiary/aromatic N) is 1. The maximum absolute atomic E-state index is 14.0. The number of hydrogen-bond donors (Lipinski definition) is 0. The van der Waals surface area contributed by atoms with E-state index in [1.807, 2.05) is 13.8 Å². The zero-order valence-electron chi connectivity index (χ0n) is 22.7. The van der Waals surface area contributed by atoms with Gasteiger partial charge in [-0.2, -0.15) is 0 Å². The van der Waals surface area contributed by atoms with Crippen LogP contribution >= 0.6 is 0 Å². The van der Waals surface area contributed by atoms with E-state index in [0.29, 0.717) is 18.4 Å². The molecule has 0 amide bonds. The number of rotatable bonds is 5. The third-order valence-electron chi connectivity index (χ3n) is 9.28. The van der Waals surface area contributed by atoms with E-state index in [4.69, 9.17) is 18.6 Å². The Bertz CT molecular complexity index is 1400. The number of fused-ring (bicyclic) bond motifs is 3. The molecule has 1 aliphatic heterocycles. The van der Waals surface area contributed by atoms with E-state index in [1.54, 1.807) is 24.3 Å². The lowest BCUT2D eigenvalue weighted by Crippen LogP contribution is -2.64. The molecule has 3 fully saturated rings. The standard InChI is InChI=1S/C29H31NO10/c1-15(31)39-21-13-19(26(33)37-4)28(2)11-9-18-27(34)40-22(14-29(18,3)25(28)23(21)32)17-10-12-38-24(17)16-7-5-6-8-20(16)30(35)36/h5-8,10,12,18-19,21-22,25H,9,11,13-14H2,1-4H3/t18-,19-,21-,22-,25-,28-,29-/m0/s1. The number of nitro benzene ring substituents is 1. The van der Waals surface area contributed by atoms with Crippen molar-refractivity contribution in [3.8, 4) is 11.3 Å². The topological polar surface area (TPSA) is 152 Å². The monoisotopic (exact) mass is 553 g/mol. The fraction of sp³-hybridized carbons (Fsp3) is 0.517. The quantitative estimate of drug-likeness (QED) is 0.223. The Morgan fingerprint density at radius 2 is 1.85 bits per heavy atom. The summed E-state index contributed by atoms with van der Waals surface area (Å²) >= 11 is 0. The van der Waals surface area contributed by atoms with Gasteiger partial charge in [-0.05, 0) is 42.2 Å². The fourth-order valence-corrected chi connectivity index (χ4v) is 7.61. The number of ketones is 1. The molecule has 11 heteroatoms. The maximum Gasteiger partial charge on any atom is 0.310 e. The van der Waals surface area contributed by atoms with Crippen LogP contribution in [0.3, 0.4) is 0 Å². The number of ether oxygens (including phenoxy) is 3. The Morgan fingerprint density at radius 3 is 2.52 bits per heavy atom. The van der Waals surface area contributed by atoms with E-state index in [1.165, 1.54) is 26.4 Å². The summed E-state index contributed by atoms with van der Waals surface area (Å²) in [6, 6.07) is 7.72. The number of nitro groups is 1. The Morgan fingerprint density at radius 1 is 1.12 bits per heavy atom. The minimum absolute atomic E-state index is 0.0102. The van der Waals surface area contributed by atoms with Crippen LogP contribution in [0, 0.1) is 38.7 Å². The zero-order valence-corrected chi connectivity index (χ0v) is 22.7. The number of cyclic esters (lactones) is 1. The highest BCUT2D eigenvalue weighted by molar-refractivity contribution is 5.93. The third-order valence-corrected chi connectivity index (χ3v) is 9.28. The molecule has 0 bridgehead atoms. The second kappa shape index (κ2) is 9.87. The van der Waals surface area contributed by atoms with Gasteiger partial charge in [-0.25, -0.2) is 0 Å². The Labute approximate surface area is 230 Å². The number of furan rings is 1. The lowest BCUT2D eigenvalue weighted by molar-refractivity contribution is -0.384. The molecule has 0 N–H and O–H groups in total. The highest BCUT2D eigenvalue weighted by Crippen LogP contribution is 2.65. The SMILES string of the molecule is COC(=O)[C@@H]1C[C@H](OC(C)=O)C(=O)[C@H]2[C@@]1(C)CC[C@H]1C(=O)O[C@H](c3ccoc3-c3ccccc3[N+](=O)[O-])C[C@]21C. The molecule has 1 aromatic carbocycles. The smallest absolute Gasteiger partial charge is 0.310 e. The van der Waals surface area contributed by atoms with Crippen LogP contribution in [0.5, 0.6) is 0 Å². The minimum Gasteiger partial charge on any atom is -0.469 e. The first-order valence-electron chi connectivity index (χ1n) is 13.2. The average Bonchev–Trinajstić information content (AvgIpc) is 3.39. The van der Waals surface area contributed by atoms with Gasteiger partial charge in [-0.15, -0.1) is 0 Å². The molecule has 1 saturated heterocycles. The summed E-state index contributed by atoms with van der Waals surface area (Å²) in [4.78, 5) is 63.7. The number of methoxy groups -OCH3 is 1. The molecule has 7 atom stereocenters. The van der Waals surface area contributed by atoms with Gasteiger partial charge in [0.1, 0.15) is 11.9 Å². The van der Waals surface area contributed by atoms with Crippen LogP contribution in [0.25, 0.3) is 11.3 Å². The number of benzene rings is 1. The molecule has 2 heterocycles. The van der Waals surface area contributed by atoms with Crippen molar-refractivity contribution in [1.29, 1.82) is 0 Å². The zero-order chi connectivity index (χ0) is 29.0. The predicted octanol–water partition coefficient (Wildman–Crippen LogP) is 4.58. The van der Waals surface area contributed by atoms with Crippen molar-refractivity contribution in [2.24, 2.45) is 28.6 Å². The van der Waals surface area contributed by atoms with Gasteiger partial charge in [-0.3, -0.25) is 29.3 Å². The van der Waals surface area contributed by atoms with Crippen molar-refractivity contribution >= 4 is 29.4 Å². The molecule has 2 aromatic rings. The molecule has 0 spiro atoms. The Hall–Kier alpha value is -4.02. The van der Waals surface area contributed by atoms with Crippen molar-refractivity contribution in [3.05, 3.63) is 52.3 Å². The van der Waals surface area contributed by atoms with Crippen LogP contribution in [0.1, 0.15) is 58.1 Å². The van der Waals surface area contributed by atoms with Crippen LogP contribution < -0.4 is 0 Å². The van der Waals surface area contributed by atoms with Gasteiger partial charge in [0.15, 0.2) is 11.9 Å². The van der Waals surface area contributed by atoms with Crippen LogP contribution in [-0.4, -0.2) is 41.8 Å². The third kappa shape index (κ3) is 4.18. The van der Waals surface area contributed by atoms with Crippen molar-refractivity contribution in [3.63, 3.8) is 0 Å². The van der Waals surface area contributed by atoms with Gasteiger partial charge in [-0.1, -0.05) is 26.0 Å². The first-order valence-corrected chi connectivity index (χ1v) is 13.2. The molecule has 0 unspecified atom stereocenters. The summed E-state index contributed by atoms with van der Waals surface area (Å²) in [7, 11) is 1.28. The predicted molar refractivity (Wildman–Crippen MR) is 137 cm³/mol. The maximum atomic E-state index is 14.0. The normalized spacial score (nSPS) is 33.2. The van der Waals surface area contributed by atoms with E-state index in [-0.39, 0.29) is 35.6 Å². The number of para-hydroxylation sites is 1. The highest BCUT2D eigenvalue weighted by atomic mass is 16.6. The molecular weight excluding hydrogens is 522 g/mol. The van der Waals surface area contributed by atoms with Crippen LogP contribution in [0.4, 0.5) is 5.69 Å². The summed E-state index contributed by atoms with van der Waals surface area (Å²) in [6.07, 6.45) is 0.370. The first-order chi connectivity index (χ1) is 18.9. The molecule has 5 rings (SSSR count). The second-order valence-electron chi connectivity index (χ2n) is 11.5. The lowest BCUT2D eigenvalue weighted by Gasteiger charge is -2.61. The first kappa shape index (κ1) is 27.5. The van der Waals surface area contributed by atoms with Crippen molar-refractivity contribution in [2.75, 3.05) is 7.11 Å². The summed E-state index contributed by atoms with van der Waals surface area (Å²) in [5.74, 6) is -3.95. The van der Waals surface area contributed by atoms with Gasteiger partial charge < -0.3 is 18.6 Å². The van der Waals surface area contributed by atoms with E-state index >= 15 is 0 Å². The fourth-order valence-electron chi connectivity index (χ4n) is 7.61. The average molecular weight is 554 g/mol. The van der Waals surface area contributed by atoms with E-state index in [9.17, 15) is 29.3 Å². The molecule has 1 aromatic heterocycles. The van der Waals surface area contributed by atoms with E-state index in [2.05, 4.69) is 0 Å². The molecule has 2 aliphatic carbocycles. The number of carbonyl (C=O) groups excluding carboxylic acids is 4. The largest absolute Gasteiger partial charge is 0.469 e. The molecule has 2 saturated carbocycles. The molecule has 11 nitrogen and oxygen atoms in total. The number of hydrogen-bond acceptors (Lipinski definition) is 10. The Kier molecular flexibility index (Phi) is 6.79. The molecule has 3 aliphatic rings. The minimum atomic E-state index is -1.15. The van der Waals surface area contributed by atoms with Crippen LogP contribution in [0.15, 0.2) is 41.0 Å². The summed E-state index contributed by atoms with van der Waals surface area (Å²) in [5.41, 5.74) is -1.32. The molecular formula is C29H31NO10. The van der Waals surface area contributed by atoms with E-state index in [0.717, 1.165) is 0 Å². The Balaban J connectivity index is 1.59. The summed E-state index contributed by atoms with van der Waals surface area (Å²) < 4.78 is 22.1. The van der Waals surface area contributed by atoms with Crippen LogP contribution in [0.2, 0.25) is 0 Å². The molecule has 40 heavy (non-hydrogen) atoms. The number of carbonyl (C=O) groups is 4. The van der Waals surface area contributed by atoms with Gasteiger partial charge in [0.05, 0.1) is 35.7 Å². The highest BCUT2D eigenvalue weighted by Gasteiger charge is 2.68. The summed E-state index contributed by atoms with van der Waals surface area (Å²) in [6.45, 7) is 4.92. The number of esters is 3. The number of Topliss-reactive ketones (excluding diaryl/α,β-unsaturated/α-hetero) is 1. The van der Waals surface area contributed by atoms with Gasteiger partial charge in [0.2, 0.25) is 0 Å². The van der Waals surface area contributed by atoms with Crippen molar-refractivity contribution in [1.82, 2.24) is 0 Å². The van der Waals surface area contributed by atoms with Gasteiger partial charge in [0.25, 0.3) is 5.69 Å². The molecule has 0 radical (unpaired) electrons. The molecule has 212 valence electrons. The van der Waals surface area contributed by atoms with Crippen molar-refractivity contribution in [2.45, 2.75) is 58.7 Å². The summed E-state index contributed by atoms with van der Waals surface area (Å²) in [5, 5.41) is 11.7. The second-order valence-corrected chi connectivity index (χ2v) is 11.5. The lowest BCUT2D eigenvalue weighted by atomic mass is 9.43. The van der Waals surface area contributed by atoms with Crippen molar-refractivity contribution < 1.29 is 42.7 Å². The van der Waals surface area contributed by atoms with Crippen LogP contribution in [-0.2, 0) is 33.4 Å². The van der Waals surface area contributed by atoms with Gasteiger partial charge in [0, 0.05) is 30.9 Å². The van der Waals surface area contributed by atoms with Gasteiger partial charge >= 0.3 is 17.9 Å². The van der Waals surface area contributed by atoms with E-state index < -0.39 is 63.6 Å².